The second-order valence-corrected chi connectivity index (χ2v) is 5.91. The Morgan fingerprint density at radius 1 is 1.09 bits per heavy atom. The molecular weight excluding hydrogens is 288 g/mol. The van der Waals surface area contributed by atoms with E-state index in [0.717, 1.165) is 42.9 Å². The highest BCUT2D eigenvalue weighted by Crippen LogP contribution is 2.17. The van der Waals surface area contributed by atoms with Crippen LogP contribution in [0.25, 0.3) is 0 Å². The molecule has 1 aliphatic heterocycles. The van der Waals surface area contributed by atoms with Gasteiger partial charge in [0.05, 0.1) is 6.10 Å². The molecule has 0 bridgehead atoms. The first-order chi connectivity index (χ1) is 11.2. The topological polar surface area (TPSA) is 50.4 Å². The lowest BCUT2D eigenvalue weighted by molar-refractivity contribution is 0.102. The number of anilines is 2. The standard InChI is InChI=1S/C19H22N2O2/c1-14-4-6-15(7-5-14)19(22)21-17-10-8-16(9-11-17)20-13-18-3-2-12-23-18/h4-11,18,20H,2-3,12-13H2,1H3,(H,21,22). The quantitative estimate of drug-likeness (QED) is 0.882. The summed E-state index contributed by atoms with van der Waals surface area (Å²) in [6, 6.07) is 15.3. The normalized spacial score (nSPS) is 17.0. The van der Waals surface area contributed by atoms with E-state index in [2.05, 4.69) is 10.6 Å². The number of carbonyl (C=O) groups excluding carboxylic acids is 1. The van der Waals surface area contributed by atoms with Crippen LogP contribution in [-0.4, -0.2) is 25.2 Å². The summed E-state index contributed by atoms with van der Waals surface area (Å²) in [6.07, 6.45) is 2.59. The molecule has 1 amide bonds. The Balaban J connectivity index is 1.54. The van der Waals surface area contributed by atoms with Crippen LogP contribution in [0.15, 0.2) is 48.5 Å². The number of amides is 1. The maximum atomic E-state index is 12.2. The number of nitrogens with one attached hydrogen (secondary N) is 2. The first kappa shape index (κ1) is 15.6. The van der Waals surface area contributed by atoms with Crippen LogP contribution in [0.5, 0.6) is 0 Å². The van der Waals surface area contributed by atoms with E-state index in [1.807, 2.05) is 55.5 Å². The molecule has 1 unspecified atom stereocenters. The van der Waals surface area contributed by atoms with E-state index in [1.54, 1.807) is 0 Å². The second-order valence-electron chi connectivity index (χ2n) is 5.91. The van der Waals surface area contributed by atoms with Gasteiger partial charge in [0.15, 0.2) is 0 Å². The van der Waals surface area contributed by atoms with Gasteiger partial charge in [-0.1, -0.05) is 17.7 Å². The van der Waals surface area contributed by atoms with E-state index in [4.69, 9.17) is 4.74 Å². The van der Waals surface area contributed by atoms with Gasteiger partial charge in [0.25, 0.3) is 5.91 Å². The highest BCUT2D eigenvalue weighted by molar-refractivity contribution is 6.04. The van der Waals surface area contributed by atoms with Crippen molar-refractivity contribution in [2.75, 3.05) is 23.8 Å². The van der Waals surface area contributed by atoms with Gasteiger partial charge in [-0.3, -0.25) is 4.79 Å². The van der Waals surface area contributed by atoms with Crippen LogP contribution in [0.3, 0.4) is 0 Å². The molecule has 120 valence electrons. The zero-order valence-corrected chi connectivity index (χ0v) is 13.3. The molecule has 4 nitrogen and oxygen atoms in total. The number of hydrogen-bond acceptors (Lipinski definition) is 3. The molecule has 1 fully saturated rings. The molecule has 1 heterocycles. The molecule has 0 spiro atoms. The van der Waals surface area contributed by atoms with Gasteiger partial charge in [0.1, 0.15) is 0 Å². The number of rotatable bonds is 5. The molecule has 23 heavy (non-hydrogen) atoms. The number of aryl methyl sites for hydroxylation is 1. The molecule has 0 radical (unpaired) electrons. The van der Waals surface area contributed by atoms with Crippen LogP contribution in [0.1, 0.15) is 28.8 Å². The van der Waals surface area contributed by atoms with Crippen molar-refractivity contribution in [1.29, 1.82) is 0 Å². The fourth-order valence-electron chi connectivity index (χ4n) is 2.62. The van der Waals surface area contributed by atoms with Gasteiger partial charge in [0.2, 0.25) is 0 Å². The van der Waals surface area contributed by atoms with Crippen molar-refractivity contribution in [3.05, 3.63) is 59.7 Å². The van der Waals surface area contributed by atoms with Gasteiger partial charge in [-0.05, 0) is 56.2 Å². The molecule has 2 aromatic carbocycles. The van der Waals surface area contributed by atoms with Crippen molar-refractivity contribution in [1.82, 2.24) is 0 Å². The zero-order chi connectivity index (χ0) is 16.1. The third kappa shape index (κ3) is 4.33. The summed E-state index contributed by atoms with van der Waals surface area (Å²) in [6.45, 7) is 3.70. The fraction of sp³-hybridized carbons (Fsp3) is 0.316. The summed E-state index contributed by atoms with van der Waals surface area (Å²) in [5, 5.41) is 6.28. The van der Waals surface area contributed by atoms with Crippen molar-refractivity contribution in [2.45, 2.75) is 25.9 Å². The van der Waals surface area contributed by atoms with Crippen LogP contribution in [0.4, 0.5) is 11.4 Å². The summed E-state index contributed by atoms with van der Waals surface area (Å²) in [7, 11) is 0. The molecule has 1 atom stereocenters. The van der Waals surface area contributed by atoms with Crippen molar-refractivity contribution in [3.63, 3.8) is 0 Å². The van der Waals surface area contributed by atoms with E-state index >= 15 is 0 Å². The summed E-state index contributed by atoms with van der Waals surface area (Å²) in [5.41, 5.74) is 3.63. The fourth-order valence-corrected chi connectivity index (χ4v) is 2.62. The maximum absolute atomic E-state index is 12.2. The largest absolute Gasteiger partial charge is 0.382 e. The minimum atomic E-state index is -0.0925. The number of ether oxygens (including phenoxy) is 1. The van der Waals surface area contributed by atoms with Crippen LogP contribution in [-0.2, 0) is 4.74 Å². The van der Waals surface area contributed by atoms with Crippen LogP contribution in [0.2, 0.25) is 0 Å². The molecule has 2 N–H and O–H groups in total. The number of benzene rings is 2. The Morgan fingerprint density at radius 2 is 1.78 bits per heavy atom. The van der Waals surface area contributed by atoms with Gasteiger partial charge in [0, 0.05) is 30.1 Å². The third-order valence-corrected chi connectivity index (χ3v) is 4.01. The first-order valence-electron chi connectivity index (χ1n) is 8.04. The van der Waals surface area contributed by atoms with Gasteiger partial charge < -0.3 is 15.4 Å². The summed E-state index contributed by atoms with van der Waals surface area (Å²) < 4.78 is 5.59. The summed E-state index contributed by atoms with van der Waals surface area (Å²) in [4.78, 5) is 12.2. The highest BCUT2D eigenvalue weighted by Gasteiger charge is 2.14. The van der Waals surface area contributed by atoms with Crippen molar-refractivity contribution in [2.24, 2.45) is 0 Å². The Kier molecular flexibility index (Phi) is 4.93. The molecule has 4 heteroatoms. The lowest BCUT2D eigenvalue weighted by Gasteiger charge is -2.12. The molecular formula is C19H22N2O2. The van der Waals surface area contributed by atoms with Crippen molar-refractivity contribution in [3.8, 4) is 0 Å². The first-order valence-corrected chi connectivity index (χ1v) is 8.04. The minimum Gasteiger partial charge on any atom is -0.382 e. The molecule has 3 rings (SSSR count). The van der Waals surface area contributed by atoms with E-state index < -0.39 is 0 Å². The monoisotopic (exact) mass is 310 g/mol. The van der Waals surface area contributed by atoms with Gasteiger partial charge in [-0.2, -0.15) is 0 Å². The zero-order valence-electron chi connectivity index (χ0n) is 13.3. The molecule has 0 aliphatic carbocycles. The lowest BCUT2D eigenvalue weighted by Crippen LogP contribution is -2.18. The van der Waals surface area contributed by atoms with Gasteiger partial charge in [-0.15, -0.1) is 0 Å². The predicted molar refractivity (Wildman–Crippen MR) is 93.0 cm³/mol. The second kappa shape index (κ2) is 7.29. The van der Waals surface area contributed by atoms with Crippen LogP contribution in [0, 0.1) is 6.92 Å². The average Bonchev–Trinajstić information content (AvgIpc) is 3.08. The molecule has 1 saturated heterocycles. The predicted octanol–water partition coefficient (Wildman–Crippen LogP) is 3.84. The number of hydrogen-bond donors (Lipinski definition) is 2. The van der Waals surface area contributed by atoms with Crippen molar-refractivity contribution < 1.29 is 9.53 Å². The van der Waals surface area contributed by atoms with Gasteiger partial charge in [-0.25, -0.2) is 0 Å². The minimum absolute atomic E-state index is 0.0925. The molecule has 0 aromatic heterocycles. The van der Waals surface area contributed by atoms with Crippen LogP contribution >= 0.6 is 0 Å². The Morgan fingerprint density at radius 3 is 2.43 bits per heavy atom. The molecule has 2 aromatic rings. The van der Waals surface area contributed by atoms with Crippen LogP contribution < -0.4 is 10.6 Å². The lowest BCUT2D eigenvalue weighted by atomic mass is 10.1. The summed E-state index contributed by atoms with van der Waals surface area (Å²) >= 11 is 0. The average molecular weight is 310 g/mol. The molecule has 0 saturated carbocycles. The van der Waals surface area contributed by atoms with Gasteiger partial charge >= 0.3 is 0 Å². The SMILES string of the molecule is Cc1ccc(C(=O)Nc2ccc(NCC3CCCO3)cc2)cc1. The van der Waals surface area contributed by atoms with E-state index in [0.29, 0.717) is 11.7 Å². The Bertz CT molecular complexity index is 644. The summed E-state index contributed by atoms with van der Waals surface area (Å²) in [5.74, 6) is -0.0925. The maximum Gasteiger partial charge on any atom is 0.255 e. The van der Waals surface area contributed by atoms with E-state index in [-0.39, 0.29) is 5.91 Å². The third-order valence-electron chi connectivity index (χ3n) is 4.01. The van der Waals surface area contributed by atoms with Crippen molar-refractivity contribution >= 4 is 17.3 Å². The number of carbonyl (C=O) groups is 1. The smallest absolute Gasteiger partial charge is 0.255 e. The Labute approximate surface area is 136 Å². The highest BCUT2D eigenvalue weighted by atomic mass is 16.5. The van der Waals surface area contributed by atoms with E-state index in [1.165, 1.54) is 0 Å². The molecule has 1 aliphatic rings. The van der Waals surface area contributed by atoms with E-state index in [9.17, 15) is 4.79 Å². The Hall–Kier alpha value is -2.33.